The molecule has 0 bridgehead atoms. The van der Waals surface area contributed by atoms with Crippen molar-refractivity contribution in [2.45, 2.75) is 32.3 Å². The Labute approximate surface area is 190 Å². The summed E-state index contributed by atoms with van der Waals surface area (Å²) in [6, 6.07) is 17.4. The van der Waals surface area contributed by atoms with Crippen LogP contribution in [-0.2, 0) is 11.4 Å². The van der Waals surface area contributed by atoms with Gasteiger partial charge in [-0.3, -0.25) is 14.5 Å². The van der Waals surface area contributed by atoms with Gasteiger partial charge in [-0.15, -0.1) is 0 Å². The van der Waals surface area contributed by atoms with E-state index >= 15 is 0 Å². The minimum atomic E-state index is 0.0219. The highest BCUT2D eigenvalue weighted by molar-refractivity contribution is 5.94. The second-order valence-electron chi connectivity index (χ2n) is 8.67. The van der Waals surface area contributed by atoms with Crippen LogP contribution in [0.25, 0.3) is 0 Å². The van der Waals surface area contributed by atoms with Crippen LogP contribution in [0.5, 0.6) is 5.75 Å². The van der Waals surface area contributed by atoms with Crippen LogP contribution < -0.4 is 4.74 Å². The molecule has 4 rings (SSSR count). The smallest absolute Gasteiger partial charge is 0.254 e. The third-order valence-corrected chi connectivity index (χ3v) is 6.31. The summed E-state index contributed by atoms with van der Waals surface area (Å²) < 4.78 is 5.88. The molecule has 2 aromatic rings. The number of piperazine rings is 1. The predicted molar refractivity (Wildman–Crippen MR) is 125 cm³/mol. The van der Waals surface area contributed by atoms with Crippen molar-refractivity contribution in [2.75, 3.05) is 45.8 Å². The van der Waals surface area contributed by atoms with E-state index in [-0.39, 0.29) is 11.8 Å². The standard InChI is InChI=1S/C26H33N3O3/c30-25(28-13-6-1-2-7-14-28)20-27-15-17-29(18-16-27)26(31)23-11-8-12-24(19-23)32-21-22-9-4-3-5-10-22/h3-5,8-12,19H,1-2,6-7,13-18,20-21H2. The van der Waals surface area contributed by atoms with Crippen LogP contribution in [0.1, 0.15) is 41.6 Å². The summed E-state index contributed by atoms with van der Waals surface area (Å²) in [6.07, 6.45) is 4.68. The van der Waals surface area contributed by atoms with Crippen LogP contribution >= 0.6 is 0 Å². The Balaban J connectivity index is 1.26. The highest BCUT2D eigenvalue weighted by Crippen LogP contribution is 2.18. The molecule has 32 heavy (non-hydrogen) atoms. The van der Waals surface area contributed by atoms with Crippen molar-refractivity contribution in [3.63, 3.8) is 0 Å². The Bertz CT molecular complexity index is 886. The zero-order valence-electron chi connectivity index (χ0n) is 18.7. The molecule has 0 unspecified atom stereocenters. The molecular weight excluding hydrogens is 402 g/mol. The lowest BCUT2D eigenvalue weighted by Gasteiger charge is -2.35. The molecular formula is C26H33N3O3. The van der Waals surface area contributed by atoms with Crippen LogP contribution in [0.3, 0.4) is 0 Å². The van der Waals surface area contributed by atoms with Gasteiger partial charge in [-0.2, -0.15) is 0 Å². The Morgan fingerprint density at radius 1 is 0.750 bits per heavy atom. The predicted octanol–water partition coefficient (Wildman–Crippen LogP) is 3.43. The van der Waals surface area contributed by atoms with Gasteiger partial charge in [-0.1, -0.05) is 49.2 Å². The third-order valence-electron chi connectivity index (χ3n) is 6.31. The van der Waals surface area contributed by atoms with Crippen molar-refractivity contribution in [3.8, 4) is 5.75 Å². The summed E-state index contributed by atoms with van der Waals surface area (Å²) in [5, 5.41) is 0. The average Bonchev–Trinajstić information content (AvgIpc) is 3.13. The monoisotopic (exact) mass is 435 g/mol. The average molecular weight is 436 g/mol. The number of benzene rings is 2. The topological polar surface area (TPSA) is 53.1 Å². The minimum absolute atomic E-state index is 0.0219. The zero-order valence-corrected chi connectivity index (χ0v) is 18.7. The summed E-state index contributed by atoms with van der Waals surface area (Å²) >= 11 is 0. The number of rotatable bonds is 6. The maximum Gasteiger partial charge on any atom is 0.254 e. The van der Waals surface area contributed by atoms with Crippen LogP contribution in [0, 0.1) is 0 Å². The first kappa shape index (κ1) is 22.3. The van der Waals surface area contributed by atoms with Crippen molar-refractivity contribution >= 4 is 11.8 Å². The molecule has 0 saturated carbocycles. The summed E-state index contributed by atoms with van der Waals surface area (Å²) in [7, 11) is 0. The van der Waals surface area contributed by atoms with Gasteiger partial charge in [-0.25, -0.2) is 0 Å². The molecule has 2 amide bonds. The first-order chi connectivity index (χ1) is 15.7. The van der Waals surface area contributed by atoms with Gasteiger partial charge in [0.05, 0.1) is 6.54 Å². The third kappa shape index (κ3) is 6.10. The van der Waals surface area contributed by atoms with Crippen molar-refractivity contribution in [3.05, 3.63) is 65.7 Å². The number of hydrogen-bond acceptors (Lipinski definition) is 4. The van der Waals surface area contributed by atoms with Gasteiger partial charge in [0.15, 0.2) is 0 Å². The van der Waals surface area contributed by atoms with Crippen molar-refractivity contribution < 1.29 is 14.3 Å². The number of nitrogens with zero attached hydrogens (tertiary/aromatic N) is 3. The number of carbonyl (C=O) groups excluding carboxylic acids is 2. The van der Waals surface area contributed by atoms with Gasteiger partial charge in [0, 0.05) is 44.8 Å². The van der Waals surface area contributed by atoms with Gasteiger partial charge in [0.2, 0.25) is 5.91 Å². The molecule has 0 atom stereocenters. The Morgan fingerprint density at radius 2 is 1.47 bits per heavy atom. The van der Waals surface area contributed by atoms with E-state index in [0.29, 0.717) is 37.6 Å². The maximum absolute atomic E-state index is 13.0. The highest BCUT2D eigenvalue weighted by Gasteiger charge is 2.25. The van der Waals surface area contributed by atoms with Gasteiger partial charge in [-0.05, 0) is 36.6 Å². The lowest BCUT2D eigenvalue weighted by Crippen LogP contribution is -2.51. The molecule has 2 aliphatic rings. The molecule has 2 aliphatic heterocycles. The first-order valence-electron chi connectivity index (χ1n) is 11.8. The van der Waals surface area contributed by atoms with E-state index in [9.17, 15) is 9.59 Å². The van der Waals surface area contributed by atoms with E-state index < -0.39 is 0 Å². The van der Waals surface area contributed by atoms with E-state index in [1.54, 1.807) is 0 Å². The van der Waals surface area contributed by atoms with E-state index in [4.69, 9.17) is 4.74 Å². The van der Waals surface area contributed by atoms with Crippen molar-refractivity contribution in [1.29, 1.82) is 0 Å². The number of amides is 2. The molecule has 0 radical (unpaired) electrons. The molecule has 2 heterocycles. The summed E-state index contributed by atoms with van der Waals surface area (Å²) in [5.41, 5.74) is 1.74. The quantitative estimate of drug-likeness (QED) is 0.698. The van der Waals surface area contributed by atoms with Gasteiger partial charge in [0.1, 0.15) is 12.4 Å². The van der Waals surface area contributed by atoms with Gasteiger partial charge in [0.25, 0.3) is 5.91 Å². The number of likely N-dealkylation sites (tertiary alicyclic amines) is 1. The van der Waals surface area contributed by atoms with E-state index in [0.717, 1.165) is 44.6 Å². The molecule has 6 nitrogen and oxygen atoms in total. The molecule has 0 N–H and O–H groups in total. The summed E-state index contributed by atoms with van der Waals surface area (Å²) in [6.45, 7) is 5.46. The van der Waals surface area contributed by atoms with Crippen LogP contribution in [0.15, 0.2) is 54.6 Å². The van der Waals surface area contributed by atoms with E-state index in [1.165, 1.54) is 12.8 Å². The molecule has 0 aromatic heterocycles. The fourth-order valence-corrected chi connectivity index (χ4v) is 4.36. The van der Waals surface area contributed by atoms with E-state index in [2.05, 4.69) is 4.90 Å². The van der Waals surface area contributed by atoms with Crippen LogP contribution in [0.2, 0.25) is 0 Å². The lowest BCUT2D eigenvalue weighted by atomic mass is 10.1. The molecule has 0 spiro atoms. The largest absolute Gasteiger partial charge is 0.489 e. The summed E-state index contributed by atoms with van der Waals surface area (Å²) in [4.78, 5) is 31.7. The molecule has 2 saturated heterocycles. The second kappa shape index (κ2) is 11.1. The summed E-state index contributed by atoms with van der Waals surface area (Å²) in [5.74, 6) is 0.949. The Morgan fingerprint density at radius 3 is 2.19 bits per heavy atom. The normalized spacial score (nSPS) is 17.6. The molecule has 0 aliphatic carbocycles. The number of ether oxygens (including phenoxy) is 1. The van der Waals surface area contributed by atoms with Gasteiger partial charge >= 0.3 is 0 Å². The minimum Gasteiger partial charge on any atom is -0.489 e. The molecule has 2 aromatic carbocycles. The zero-order chi connectivity index (χ0) is 22.2. The Hall–Kier alpha value is -2.86. The Kier molecular flexibility index (Phi) is 7.77. The SMILES string of the molecule is O=C(CN1CCN(C(=O)c2cccc(OCc3ccccc3)c2)CC1)N1CCCCCC1. The maximum atomic E-state index is 13.0. The number of hydrogen-bond donors (Lipinski definition) is 0. The fraction of sp³-hybridized carbons (Fsp3) is 0.462. The molecule has 6 heteroatoms. The van der Waals surface area contributed by atoms with Crippen LogP contribution in [0.4, 0.5) is 0 Å². The van der Waals surface area contributed by atoms with E-state index in [1.807, 2.05) is 64.4 Å². The molecule has 2 fully saturated rings. The number of carbonyl (C=O) groups is 2. The first-order valence-corrected chi connectivity index (χ1v) is 11.8. The van der Waals surface area contributed by atoms with Crippen molar-refractivity contribution in [1.82, 2.24) is 14.7 Å². The van der Waals surface area contributed by atoms with Crippen molar-refractivity contribution in [2.24, 2.45) is 0 Å². The fourth-order valence-electron chi connectivity index (χ4n) is 4.36. The van der Waals surface area contributed by atoms with Crippen LogP contribution in [-0.4, -0.2) is 72.3 Å². The molecule has 170 valence electrons. The lowest BCUT2D eigenvalue weighted by molar-refractivity contribution is -0.132. The highest BCUT2D eigenvalue weighted by atomic mass is 16.5. The van der Waals surface area contributed by atoms with Gasteiger partial charge < -0.3 is 14.5 Å². The second-order valence-corrected chi connectivity index (χ2v) is 8.67.